The number of hydrogen-bond donors (Lipinski definition) is 3. The summed E-state index contributed by atoms with van der Waals surface area (Å²) in [4.78, 5) is 53.6. The molecule has 324 valence electrons. The number of likely N-dealkylation sites (N-methyl/N-ethyl adjacent to an activating group) is 1. The van der Waals surface area contributed by atoms with Crippen LogP contribution in [0.3, 0.4) is 0 Å². The Hall–Kier alpha value is -1.77. The van der Waals surface area contributed by atoms with Gasteiger partial charge in [-0.1, -0.05) is 62.3 Å². The fourth-order valence-electron chi connectivity index (χ4n) is 7.42. The lowest BCUT2D eigenvalue weighted by Gasteiger charge is -2.46. The van der Waals surface area contributed by atoms with Crippen molar-refractivity contribution < 1.29 is 42.2 Å². The first-order valence-corrected chi connectivity index (χ1v) is 21.5. The first-order chi connectivity index (χ1) is 24.4. The van der Waals surface area contributed by atoms with Gasteiger partial charge in [0.05, 0.1) is 41.2 Å². The molecule has 3 N–H and O–H groups in total. The van der Waals surface area contributed by atoms with Gasteiger partial charge in [0, 0.05) is 23.8 Å². The molecular weight excluding hydrogens is 723 g/mol. The van der Waals surface area contributed by atoms with E-state index in [1.807, 2.05) is 46.6 Å². The van der Waals surface area contributed by atoms with E-state index >= 15 is 0 Å². The number of sulfonamides is 1. The van der Waals surface area contributed by atoms with Crippen molar-refractivity contribution in [2.24, 2.45) is 27.6 Å². The van der Waals surface area contributed by atoms with Crippen LogP contribution in [-0.4, -0.2) is 110 Å². The molecule has 0 aromatic carbocycles. The van der Waals surface area contributed by atoms with Crippen molar-refractivity contribution in [2.75, 3.05) is 39.6 Å². The molecule has 0 fully saturated rings. The van der Waals surface area contributed by atoms with E-state index in [9.17, 15) is 32.7 Å². The second-order valence-corrected chi connectivity index (χ2v) is 22.6. The average molecular weight is 804 g/mol. The highest BCUT2D eigenvalue weighted by Crippen LogP contribution is 2.46. The van der Waals surface area contributed by atoms with E-state index in [2.05, 4.69) is 51.6 Å². The molecule has 0 aliphatic heterocycles. The maximum absolute atomic E-state index is 13.8. The van der Waals surface area contributed by atoms with Crippen LogP contribution in [0.1, 0.15) is 150 Å². The SMILES string of the molecule is CNS(=O)(=O)CC(C)(C)CC(C)(C)C(=O)C(C)(C)NC(CCC(=O)C(C)(C)N(C)CCOC(C)(C)CCOC(C)(C)C(C)(C)CC(C)(C=O)C(C)C)C(=O)O. The number of aliphatic carboxylic acids is 1. The standard InChI is InChI=1S/C42H81N3O9S/c1-30(2)42(17,28-46)27-37(7,8)41(15,16)54-24-22-38(9,10)53-25-23-45(19)40(13,14)32(47)21-20-31(33(48)49)44-39(11,12)34(50)36(5,6)26-35(3,4)29-55(51,52)43-18/h28,30-31,43-44H,20-27,29H2,1-19H3,(H,48,49). The Morgan fingerprint density at radius 2 is 1.36 bits per heavy atom. The number of carbonyl (C=O) groups is 4. The third-order valence-corrected chi connectivity index (χ3v) is 14.0. The van der Waals surface area contributed by atoms with Crippen LogP contribution in [0.4, 0.5) is 0 Å². The summed E-state index contributed by atoms with van der Waals surface area (Å²) in [5.41, 5.74) is -5.57. The minimum absolute atomic E-state index is 0.0168. The fourth-order valence-corrected chi connectivity index (χ4v) is 8.69. The first kappa shape index (κ1) is 53.2. The van der Waals surface area contributed by atoms with E-state index in [1.165, 1.54) is 7.05 Å². The van der Waals surface area contributed by atoms with Crippen LogP contribution < -0.4 is 10.0 Å². The number of carboxylic acid groups (broad SMARTS) is 1. The molecule has 0 spiro atoms. The Kier molecular flexibility index (Phi) is 18.7. The summed E-state index contributed by atoms with van der Waals surface area (Å²) in [5.74, 6) is -1.51. The summed E-state index contributed by atoms with van der Waals surface area (Å²) in [6.07, 6.45) is 2.63. The van der Waals surface area contributed by atoms with E-state index < -0.39 is 60.6 Å². The minimum atomic E-state index is -3.52. The fraction of sp³-hybridized carbons (Fsp3) is 0.905. The van der Waals surface area contributed by atoms with Gasteiger partial charge in [0.2, 0.25) is 10.0 Å². The summed E-state index contributed by atoms with van der Waals surface area (Å²) in [6.45, 7) is 33.8. The smallest absolute Gasteiger partial charge is 0.320 e. The normalized spacial score (nSPS) is 15.9. The lowest BCUT2D eigenvalue weighted by molar-refractivity contribution is -0.142. The molecule has 0 heterocycles. The molecule has 12 nitrogen and oxygen atoms in total. The second-order valence-electron chi connectivity index (χ2n) is 20.7. The van der Waals surface area contributed by atoms with Crippen molar-refractivity contribution in [3.05, 3.63) is 0 Å². The minimum Gasteiger partial charge on any atom is -0.480 e. The van der Waals surface area contributed by atoms with Gasteiger partial charge < -0.3 is 19.4 Å². The third kappa shape index (κ3) is 16.2. The van der Waals surface area contributed by atoms with Crippen molar-refractivity contribution in [1.82, 2.24) is 14.9 Å². The maximum atomic E-state index is 13.8. The van der Waals surface area contributed by atoms with Gasteiger partial charge in [-0.2, -0.15) is 0 Å². The Morgan fingerprint density at radius 3 is 1.82 bits per heavy atom. The Labute approximate surface area is 335 Å². The van der Waals surface area contributed by atoms with Crippen LogP contribution in [0.15, 0.2) is 0 Å². The van der Waals surface area contributed by atoms with Crippen LogP contribution in [0.5, 0.6) is 0 Å². The first-order valence-electron chi connectivity index (χ1n) is 19.8. The van der Waals surface area contributed by atoms with Gasteiger partial charge in [-0.05, 0) is 112 Å². The van der Waals surface area contributed by atoms with Gasteiger partial charge in [0.15, 0.2) is 11.6 Å². The van der Waals surface area contributed by atoms with Crippen molar-refractivity contribution in [3.8, 4) is 0 Å². The van der Waals surface area contributed by atoms with Crippen molar-refractivity contribution in [3.63, 3.8) is 0 Å². The van der Waals surface area contributed by atoms with Gasteiger partial charge in [0.25, 0.3) is 0 Å². The van der Waals surface area contributed by atoms with Crippen molar-refractivity contribution in [2.45, 2.75) is 178 Å². The molecule has 0 aliphatic carbocycles. The molecule has 0 radical (unpaired) electrons. The van der Waals surface area contributed by atoms with E-state index in [1.54, 1.807) is 41.5 Å². The quantitative estimate of drug-likeness (QED) is 0.0722. The predicted octanol–water partition coefficient (Wildman–Crippen LogP) is 6.69. The van der Waals surface area contributed by atoms with Crippen LogP contribution in [0, 0.1) is 27.6 Å². The number of hydrogen-bond acceptors (Lipinski definition) is 10. The number of carbonyl (C=O) groups excluding carboxylic acids is 3. The zero-order valence-corrected chi connectivity index (χ0v) is 39.0. The van der Waals surface area contributed by atoms with Gasteiger partial charge in [-0.15, -0.1) is 0 Å². The zero-order chi connectivity index (χ0) is 43.9. The average Bonchev–Trinajstić information content (AvgIpc) is 3.00. The van der Waals surface area contributed by atoms with Crippen LogP contribution in [-0.2, 0) is 38.7 Å². The highest BCUT2D eigenvalue weighted by Gasteiger charge is 2.46. The van der Waals surface area contributed by atoms with E-state index in [-0.39, 0.29) is 47.9 Å². The molecule has 55 heavy (non-hydrogen) atoms. The summed E-state index contributed by atoms with van der Waals surface area (Å²) in [6, 6.07) is -1.16. The number of Topliss-reactive ketones (excluding diaryl/α,β-unsaturated/α-hetero) is 2. The monoisotopic (exact) mass is 804 g/mol. The lowest BCUT2D eigenvalue weighted by Crippen LogP contribution is -2.58. The molecule has 0 aromatic rings. The number of ether oxygens (including phenoxy) is 2. The summed E-state index contributed by atoms with van der Waals surface area (Å²) >= 11 is 0. The molecule has 0 amide bonds. The Balaban J connectivity index is 5.35. The van der Waals surface area contributed by atoms with Crippen molar-refractivity contribution >= 4 is 33.8 Å². The molecule has 0 bridgehead atoms. The molecule has 2 unspecified atom stereocenters. The maximum Gasteiger partial charge on any atom is 0.320 e. The number of ketones is 2. The topological polar surface area (TPSA) is 168 Å². The lowest BCUT2D eigenvalue weighted by atomic mass is 9.63. The third-order valence-electron chi connectivity index (χ3n) is 12.3. The van der Waals surface area contributed by atoms with Gasteiger partial charge in [0.1, 0.15) is 12.3 Å². The van der Waals surface area contributed by atoms with E-state index in [0.29, 0.717) is 32.6 Å². The number of nitrogens with one attached hydrogen (secondary N) is 2. The Morgan fingerprint density at radius 1 is 0.836 bits per heavy atom. The molecule has 0 rings (SSSR count). The molecule has 13 heteroatoms. The number of nitrogens with zero attached hydrogens (tertiary/aromatic N) is 1. The van der Waals surface area contributed by atoms with Crippen LogP contribution in [0.2, 0.25) is 0 Å². The molecule has 0 aromatic heterocycles. The zero-order valence-electron chi connectivity index (χ0n) is 38.2. The molecular formula is C42H81N3O9S. The highest BCUT2D eigenvalue weighted by molar-refractivity contribution is 7.89. The van der Waals surface area contributed by atoms with Crippen LogP contribution in [0.25, 0.3) is 0 Å². The number of carboxylic acids is 1. The predicted molar refractivity (Wildman–Crippen MR) is 222 cm³/mol. The molecule has 2 atom stereocenters. The number of rotatable bonds is 28. The Bertz CT molecular complexity index is 1410. The highest BCUT2D eigenvalue weighted by atomic mass is 32.2. The summed E-state index contributed by atoms with van der Waals surface area (Å²) in [7, 11) is -0.324. The molecule has 0 aliphatic rings. The molecule has 0 saturated heterocycles. The summed E-state index contributed by atoms with van der Waals surface area (Å²) < 4.78 is 39.5. The molecule has 0 saturated carbocycles. The van der Waals surface area contributed by atoms with Crippen molar-refractivity contribution in [1.29, 1.82) is 0 Å². The van der Waals surface area contributed by atoms with E-state index in [4.69, 9.17) is 9.47 Å². The second kappa shape index (κ2) is 19.3. The largest absolute Gasteiger partial charge is 0.480 e. The van der Waals surface area contributed by atoms with Gasteiger partial charge in [-0.25, -0.2) is 13.1 Å². The van der Waals surface area contributed by atoms with Gasteiger partial charge in [-0.3, -0.25) is 24.6 Å². The van der Waals surface area contributed by atoms with Crippen LogP contribution >= 0.6 is 0 Å². The van der Waals surface area contributed by atoms with Gasteiger partial charge >= 0.3 is 5.97 Å². The summed E-state index contributed by atoms with van der Waals surface area (Å²) in [5, 5.41) is 13.1. The van der Waals surface area contributed by atoms with E-state index in [0.717, 1.165) is 6.29 Å². The number of aldehydes is 1.